The molecule has 1 saturated heterocycles. The number of thioether (sulfide) groups is 1. The maximum absolute atomic E-state index is 12.5. The highest BCUT2D eigenvalue weighted by molar-refractivity contribution is 8.02. The molecule has 3 amide bonds. The molecule has 6 nitrogen and oxygen atoms in total. The van der Waals surface area contributed by atoms with Crippen molar-refractivity contribution in [3.05, 3.63) is 24.3 Å². The first kappa shape index (κ1) is 19.3. The highest BCUT2D eigenvalue weighted by atomic mass is 32.2. The molecule has 136 valence electrons. The van der Waals surface area contributed by atoms with Crippen LogP contribution in [0, 0.1) is 0 Å². The fraction of sp³-hybridized carbons (Fsp3) is 0.500. The molecule has 1 fully saturated rings. The monoisotopic (exact) mass is 364 g/mol. The summed E-state index contributed by atoms with van der Waals surface area (Å²) in [7, 11) is 0. The SMILES string of the molecule is CCOc1ccccc1NC(=O)CN1C(=O)C(CC)SC(CC)C1=O. The van der Waals surface area contributed by atoms with Crippen LogP contribution < -0.4 is 10.1 Å². The van der Waals surface area contributed by atoms with E-state index in [1.165, 1.54) is 11.8 Å². The normalized spacial score (nSPS) is 20.5. The molecule has 1 N–H and O–H groups in total. The van der Waals surface area contributed by atoms with Gasteiger partial charge in [0.25, 0.3) is 0 Å². The molecule has 0 aliphatic carbocycles. The number of hydrogen-bond acceptors (Lipinski definition) is 5. The molecule has 1 aliphatic rings. The fourth-order valence-corrected chi connectivity index (χ4v) is 3.92. The van der Waals surface area contributed by atoms with Crippen molar-refractivity contribution >= 4 is 35.2 Å². The number of anilines is 1. The number of nitrogens with one attached hydrogen (secondary N) is 1. The zero-order chi connectivity index (χ0) is 18.4. The van der Waals surface area contributed by atoms with Gasteiger partial charge in [-0.25, -0.2) is 0 Å². The molecule has 2 atom stereocenters. The smallest absolute Gasteiger partial charge is 0.244 e. The van der Waals surface area contributed by atoms with E-state index < -0.39 is 5.91 Å². The first-order valence-corrected chi connectivity index (χ1v) is 9.48. The van der Waals surface area contributed by atoms with Gasteiger partial charge in [0.2, 0.25) is 17.7 Å². The largest absolute Gasteiger partial charge is 0.492 e. The van der Waals surface area contributed by atoms with Gasteiger partial charge in [0, 0.05) is 0 Å². The highest BCUT2D eigenvalue weighted by Gasteiger charge is 2.40. The van der Waals surface area contributed by atoms with Gasteiger partial charge in [-0.3, -0.25) is 19.3 Å². The number of ether oxygens (including phenoxy) is 1. The molecular formula is C18H24N2O4S. The quantitative estimate of drug-likeness (QED) is 0.753. The van der Waals surface area contributed by atoms with E-state index in [0.717, 1.165) is 4.90 Å². The molecule has 25 heavy (non-hydrogen) atoms. The van der Waals surface area contributed by atoms with Crippen LogP contribution in [-0.2, 0) is 14.4 Å². The number of imide groups is 1. The van der Waals surface area contributed by atoms with Gasteiger partial charge in [-0.05, 0) is 31.9 Å². The Morgan fingerprint density at radius 2 is 1.72 bits per heavy atom. The molecule has 0 spiro atoms. The zero-order valence-corrected chi connectivity index (χ0v) is 15.6. The van der Waals surface area contributed by atoms with Crippen molar-refractivity contribution in [1.82, 2.24) is 4.90 Å². The van der Waals surface area contributed by atoms with E-state index in [1.54, 1.807) is 18.2 Å². The predicted molar refractivity (Wildman–Crippen MR) is 98.7 cm³/mol. The lowest BCUT2D eigenvalue weighted by Crippen LogP contribution is -2.53. The topological polar surface area (TPSA) is 75.7 Å². The number of hydrogen-bond donors (Lipinski definition) is 1. The summed E-state index contributed by atoms with van der Waals surface area (Å²) in [4.78, 5) is 38.4. The second kappa shape index (κ2) is 8.89. The van der Waals surface area contributed by atoms with Crippen molar-refractivity contribution in [3.63, 3.8) is 0 Å². The Morgan fingerprint density at radius 1 is 1.12 bits per heavy atom. The Bertz CT molecular complexity index is 628. The second-order valence-electron chi connectivity index (χ2n) is 5.67. The number of amides is 3. The minimum Gasteiger partial charge on any atom is -0.492 e. The van der Waals surface area contributed by atoms with Crippen LogP contribution in [0.5, 0.6) is 5.75 Å². The molecule has 2 rings (SSSR count). The lowest BCUT2D eigenvalue weighted by molar-refractivity contribution is -0.147. The standard InChI is InChI=1S/C18H24N2O4S/c1-4-14-17(22)20(18(23)15(5-2)25-14)11-16(21)19-12-9-7-8-10-13(12)24-6-3/h7-10,14-15H,4-6,11H2,1-3H3,(H,19,21). The maximum Gasteiger partial charge on any atom is 0.244 e. The summed E-state index contributed by atoms with van der Waals surface area (Å²) < 4.78 is 5.47. The summed E-state index contributed by atoms with van der Waals surface area (Å²) in [5, 5.41) is 2.19. The third kappa shape index (κ3) is 4.54. The zero-order valence-electron chi connectivity index (χ0n) is 14.8. The Labute approximate surface area is 152 Å². The summed E-state index contributed by atoms with van der Waals surface area (Å²) in [6, 6.07) is 7.08. The summed E-state index contributed by atoms with van der Waals surface area (Å²) in [5.41, 5.74) is 0.528. The fourth-order valence-electron chi connectivity index (χ4n) is 2.65. The summed E-state index contributed by atoms with van der Waals surface area (Å²) >= 11 is 1.40. The minimum atomic E-state index is -0.412. The van der Waals surface area contributed by atoms with Crippen molar-refractivity contribution in [2.24, 2.45) is 0 Å². The van der Waals surface area contributed by atoms with Gasteiger partial charge in [-0.15, -0.1) is 11.8 Å². The Balaban J connectivity index is 2.10. The van der Waals surface area contributed by atoms with Crippen molar-refractivity contribution < 1.29 is 19.1 Å². The van der Waals surface area contributed by atoms with E-state index in [9.17, 15) is 14.4 Å². The molecule has 7 heteroatoms. The van der Waals surface area contributed by atoms with Crippen LogP contribution in [0.2, 0.25) is 0 Å². The predicted octanol–water partition coefficient (Wildman–Crippen LogP) is 2.68. The number of para-hydroxylation sites is 2. The van der Waals surface area contributed by atoms with Crippen LogP contribution >= 0.6 is 11.8 Å². The summed E-state index contributed by atoms with van der Waals surface area (Å²) in [6.45, 7) is 5.88. The van der Waals surface area contributed by atoms with Crippen LogP contribution in [0.4, 0.5) is 5.69 Å². The lowest BCUT2D eigenvalue weighted by atomic mass is 10.2. The van der Waals surface area contributed by atoms with Gasteiger partial charge < -0.3 is 10.1 Å². The average molecular weight is 364 g/mol. The molecule has 1 aromatic carbocycles. The third-order valence-electron chi connectivity index (χ3n) is 3.92. The van der Waals surface area contributed by atoms with Gasteiger partial charge in [0.1, 0.15) is 12.3 Å². The van der Waals surface area contributed by atoms with E-state index >= 15 is 0 Å². The Hall–Kier alpha value is -2.02. The molecule has 0 radical (unpaired) electrons. The first-order valence-electron chi connectivity index (χ1n) is 8.54. The molecule has 1 aliphatic heterocycles. The van der Waals surface area contributed by atoms with Gasteiger partial charge in [-0.1, -0.05) is 26.0 Å². The third-order valence-corrected chi connectivity index (χ3v) is 5.64. The molecule has 0 saturated carbocycles. The molecular weight excluding hydrogens is 340 g/mol. The number of rotatable bonds is 7. The average Bonchev–Trinajstić information content (AvgIpc) is 2.61. The van der Waals surface area contributed by atoms with Crippen molar-refractivity contribution in [3.8, 4) is 5.75 Å². The first-order chi connectivity index (χ1) is 12.0. The van der Waals surface area contributed by atoms with Crippen molar-refractivity contribution in [2.45, 2.75) is 44.1 Å². The van der Waals surface area contributed by atoms with E-state index in [-0.39, 0.29) is 28.9 Å². The van der Waals surface area contributed by atoms with E-state index in [4.69, 9.17) is 4.74 Å². The van der Waals surface area contributed by atoms with Crippen molar-refractivity contribution in [2.75, 3.05) is 18.5 Å². The van der Waals surface area contributed by atoms with Crippen LogP contribution in [-0.4, -0.2) is 46.3 Å². The number of carbonyl (C=O) groups excluding carboxylic acids is 3. The van der Waals surface area contributed by atoms with Gasteiger partial charge in [0.05, 0.1) is 22.8 Å². The van der Waals surface area contributed by atoms with Gasteiger partial charge in [-0.2, -0.15) is 0 Å². The number of nitrogens with zero attached hydrogens (tertiary/aromatic N) is 1. The van der Waals surface area contributed by atoms with Gasteiger partial charge >= 0.3 is 0 Å². The van der Waals surface area contributed by atoms with Crippen molar-refractivity contribution in [1.29, 1.82) is 0 Å². The van der Waals surface area contributed by atoms with Crippen LogP contribution in [0.1, 0.15) is 33.6 Å². The molecule has 0 aromatic heterocycles. The summed E-state index contributed by atoms with van der Waals surface area (Å²) in [5.74, 6) is -0.417. The van der Waals surface area contributed by atoms with Crippen LogP contribution in [0.3, 0.4) is 0 Å². The molecule has 0 bridgehead atoms. The Kier molecular flexibility index (Phi) is 6.87. The number of benzene rings is 1. The van der Waals surface area contributed by atoms with E-state index in [0.29, 0.717) is 30.9 Å². The Morgan fingerprint density at radius 3 is 2.28 bits per heavy atom. The van der Waals surface area contributed by atoms with E-state index in [1.807, 2.05) is 26.8 Å². The number of carbonyl (C=O) groups is 3. The second-order valence-corrected chi connectivity index (χ2v) is 7.08. The minimum absolute atomic E-state index is 0.272. The highest BCUT2D eigenvalue weighted by Crippen LogP contribution is 2.31. The molecule has 1 heterocycles. The lowest BCUT2D eigenvalue weighted by Gasteiger charge is -2.34. The van der Waals surface area contributed by atoms with Crippen LogP contribution in [0.25, 0.3) is 0 Å². The molecule has 2 unspecified atom stereocenters. The van der Waals surface area contributed by atoms with E-state index in [2.05, 4.69) is 5.32 Å². The van der Waals surface area contributed by atoms with Crippen LogP contribution in [0.15, 0.2) is 24.3 Å². The maximum atomic E-state index is 12.5. The molecule has 1 aromatic rings. The summed E-state index contributed by atoms with van der Waals surface area (Å²) in [6.07, 6.45) is 1.27. The van der Waals surface area contributed by atoms with Gasteiger partial charge in [0.15, 0.2) is 0 Å².